The molecule has 3 rings (SSSR count). The average molecular weight is 377 g/mol. The van der Waals surface area contributed by atoms with Gasteiger partial charge in [-0.05, 0) is 39.2 Å². The zero-order chi connectivity index (χ0) is 19.4. The van der Waals surface area contributed by atoms with Crippen molar-refractivity contribution in [2.24, 2.45) is 7.05 Å². The number of carbonyl (C=O) groups excluding carboxylic acids is 2. The number of likely N-dealkylation sites (tertiary alicyclic amines) is 1. The monoisotopic (exact) mass is 377 g/mol. The molecule has 27 heavy (non-hydrogen) atoms. The minimum absolute atomic E-state index is 0.0419. The Morgan fingerprint density at radius 1 is 1.30 bits per heavy atom. The Kier molecular flexibility index (Phi) is 6.49. The molecule has 0 saturated carbocycles. The minimum atomic E-state index is -0.176. The van der Waals surface area contributed by atoms with Gasteiger partial charge >= 0.3 is 0 Å². The van der Waals surface area contributed by atoms with Crippen molar-refractivity contribution in [1.82, 2.24) is 24.9 Å². The highest BCUT2D eigenvalue weighted by Crippen LogP contribution is 2.27. The van der Waals surface area contributed by atoms with Gasteiger partial charge in [0.2, 0.25) is 5.91 Å². The minimum Gasteiger partial charge on any atom is -0.381 e. The van der Waals surface area contributed by atoms with Crippen LogP contribution in [0.3, 0.4) is 0 Å². The van der Waals surface area contributed by atoms with Crippen molar-refractivity contribution in [2.45, 2.75) is 51.2 Å². The number of hydrogen-bond donors (Lipinski definition) is 1. The number of ether oxygens (including phenoxy) is 1. The molecule has 2 amide bonds. The van der Waals surface area contributed by atoms with E-state index in [4.69, 9.17) is 4.74 Å². The van der Waals surface area contributed by atoms with Crippen molar-refractivity contribution in [3.05, 3.63) is 18.0 Å². The van der Waals surface area contributed by atoms with Crippen LogP contribution in [-0.2, 0) is 16.6 Å². The lowest BCUT2D eigenvalue weighted by Crippen LogP contribution is -2.50. The van der Waals surface area contributed by atoms with Crippen LogP contribution in [-0.4, -0.2) is 82.4 Å². The Balaban J connectivity index is 1.73. The zero-order valence-electron chi connectivity index (χ0n) is 16.6. The Labute approximate surface area is 160 Å². The predicted molar refractivity (Wildman–Crippen MR) is 101 cm³/mol. The number of amides is 2. The molecule has 0 radical (unpaired) electrons. The van der Waals surface area contributed by atoms with Crippen LogP contribution in [0.2, 0.25) is 0 Å². The Hall–Kier alpha value is -1.93. The number of hydrogen-bond acceptors (Lipinski definition) is 5. The van der Waals surface area contributed by atoms with E-state index in [-0.39, 0.29) is 23.9 Å². The first-order chi connectivity index (χ1) is 13.0. The van der Waals surface area contributed by atoms with E-state index in [0.29, 0.717) is 37.8 Å². The van der Waals surface area contributed by atoms with E-state index >= 15 is 0 Å². The van der Waals surface area contributed by atoms with E-state index < -0.39 is 0 Å². The Morgan fingerprint density at radius 3 is 2.59 bits per heavy atom. The number of rotatable bonds is 6. The van der Waals surface area contributed by atoms with Gasteiger partial charge in [0.15, 0.2) is 0 Å². The molecule has 0 aliphatic carbocycles. The number of nitrogens with one attached hydrogen (secondary N) is 1. The van der Waals surface area contributed by atoms with Crippen LogP contribution in [0, 0.1) is 0 Å². The quantitative estimate of drug-likeness (QED) is 0.787. The molecule has 8 nitrogen and oxygen atoms in total. The van der Waals surface area contributed by atoms with Crippen LogP contribution in [0.4, 0.5) is 0 Å². The smallest absolute Gasteiger partial charge is 0.269 e. The molecule has 0 aromatic carbocycles. The summed E-state index contributed by atoms with van der Waals surface area (Å²) in [4.78, 5) is 29.9. The molecule has 8 heteroatoms. The van der Waals surface area contributed by atoms with E-state index in [9.17, 15) is 9.59 Å². The molecule has 3 heterocycles. The lowest BCUT2D eigenvalue weighted by Gasteiger charge is -2.36. The molecule has 0 spiro atoms. The molecule has 1 N–H and O–H groups in total. The molecule has 2 aliphatic rings. The standard InChI is InChI=1S/C19H31N5O3/c1-4-23(5-2)19(26)17-12-14(13-24(17)15-7-10-27-11-8-15)21-18(25)16-6-9-20-22(16)3/h6,9,14-15,17H,4-5,7-8,10-13H2,1-3H3,(H,21,25)/t14-,17+/m1/s1. The lowest BCUT2D eigenvalue weighted by molar-refractivity contribution is -0.137. The first-order valence-corrected chi connectivity index (χ1v) is 9.96. The molecule has 0 bridgehead atoms. The molecule has 2 fully saturated rings. The van der Waals surface area contributed by atoms with Gasteiger partial charge in [-0.1, -0.05) is 0 Å². The SMILES string of the molecule is CCN(CC)C(=O)[C@@H]1C[C@@H](NC(=O)c2ccnn2C)CN1C1CCOCC1. The largest absolute Gasteiger partial charge is 0.381 e. The average Bonchev–Trinajstić information content (AvgIpc) is 3.29. The summed E-state index contributed by atoms with van der Waals surface area (Å²) in [6, 6.07) is 1.82. The second-order valence-electron chi connectivity index (χ2n) is 7.31. The molecular formula is C19H31N5O3. The number of aromatic nitrogens is 2. The van der Waals surface area contributed by atoms with Gasteiger partial charge in [-0.25, -0.2) is 0 Å². The molecule has 1 aromatic heterocycles. The summed E-state index contributed by atoms with van der Waals surface area (Å²) in [6.45, 7) is 7.61. The van der Waals surface area contributed by atoms with Gasteiger partial charge in [0.25, 0.3) is 5.91 Å². The van der Waals surface area contributed by atoms with Crippen LogP contribution in [0.25, 0.3) is 0 Å². The van der Waals surface area contributed by atoms with Crippen LogP contribution in [0.15, 0.2) is 12.3 Å². The topological polar surface area (TPSA) is 79.7 Å². The normalized spacial score (nSPS) is 24.1. The van der Waals surface area contributed by atoms with Crippen LogP contribution in [0.5, 0.6) is 0 Å². The van der Waals surface area contributed by atoms with E-state index in [1.807, 2.05) is 18.7 Å². The molecule has 2 atom stereocenters. The van der Waals surface area contributed by atoms with Crippen LogP contribution < -0.4 is 5.32 Å². The maximum absolute atomic E-state index is 13.1. The van der Waals surface area contributed by atoms with Gasteiger partial charge in [-0.3, -0.25) is 19.2 Å². The highest BCUT2D eigenvalue weighted by Gasteiger charge is 2.42. The molecule has 0 unspecified atom stereocenters. The maximum Gasteiger partial charge on any atom is 0.269 e. The summed E-state index contributed by atoms with van der Waals surface area (Å²) in [5.74, 6) is 0.0339. The summed E-state index contributed by atoms with van der Waals surface area (Å²) in [7, 11) is 1.75. The zero-order valence-corrected chi connectivity index (χ0v) is 16.6. The Morgan fingerprint density at radius 2 is 2.00 bits per heavy atom. The highest BCUT2D eigenvalue weighted by atomic mass is 16.5. The van der Waals surface area contributed by atoms with Crippen molar-refractivity contribution >= 4 is 11.8 Å². The van der Waals surface area contributed by atoms with E-state index in [0.717, 1.165) is 26.1 Å². The van der Waals surface area contributed by atoms with Crippen molar-refractivity contribution in [3.8, 4) is 0 Å². The second kappa shape index (κ2) is 8.84. The fraction of sp³-hybridized carbons (Fsp3) is 0.737. The molecule has 1 aromatic rings. The van der Waals surface area contributed by atoms with E-state index in [1.54, 1.807) is 24.0 Å². The lowest BCUT2D eigenvalue weighted by atomic mass is 10.1. The van der Waals surface area contributed by atoms with Gasteiger partial charge in [0, 0.05) is 58.2 Å². The fourth-order valence-corrected chi connectivity index (χ4v) is 4.23. The van der Waals surface area contributed by atoms with Gasteiger partial charge < -0.3 is 15.0 Å². The summed E-state index contributed by atoms with van der Waals surface area (Å²) in [5, 5.41) is 7.17. The maximum atomic E-state index is 13.1. The molecule has 2 aliphatic heterocycles. The van der Waals surface area contributed by atoms with Gasteiger partial charge in [-0.2, -0.15) is 5.10 Å². The highest BCUT2D eigenvalue weighted by molar-refractivity contribution is 5.92. The van der Waals surface area contributed by atoms with Crippen molar-refractivity contribution in [3.63, 3.8) is 0 Å². The number of carbonyl (C=O) groups is 2. The third-order valence-corrected chi connectivity index (χ3v) is 5.75. The predicted octanol–water partition coefficient (Wildman–Crippen LogP) is 0.640. The van der Waals surface area contributed by atoms with Gasteiger partial charge in [0.05, 0.1) is 6.04 Å². The Bertz CT molecular complexity index is 652. The van der Waals surface area contributed by atoms with Crippen LogP contribution in [0.1, 0.15) is 43.6 Å². The van der Waals surface area contributed by atoms with Crippen molar-refractivity contribution < 1.29 is 14.3 Å². The molecule has 150 valence electrons. The summed E-state index contributed by atoms with van der Waals surface area (Å²) >= 11 is 0. The van der Waals surface area contributed by atoms with Gasteiger partial charge in [-0.15, -0.1) is 0 Å². The molecular weight excluding hydrogens is 346 g/mol. The van der Waals surface area contributed by atoms with Crippen molar-refractivity contribution in [1.29, 1.82) is 0 Å². The first kappa shape index (κ1) is 19.8. The van der Waals surface area contributed by atoms with E-state index in [2.05, 4.69) is 15.3 Å². The summed E-state index contributed by atoms with van der Waals surface area (Å²) in [5.41, 5.74) is 0.533. The first-order valence-electron chi connectivity index (χ1n) is 9.96. The summed E-state index contributed by atoms with van der Waals surface area (Å²) < 4.78 is 7.07. The molecule has 2 saturated heterocycles. The number of aryl methyl sites for hydroxylation is 1. The number of nitrogens with zero attached hydrogens (tertiary/aromatic N) is 4. The summed E-state index contributed by atoms with van der Waals surface area (Å²) in [6.07, 6.45) is 4.13. The van der Waals surface area contributed by atoms with Crippen LogP contribution >= 0.6 is 0 Å². The van der Waals surface area contributed by atoms with E-state index in [1.165, 1.54) is 0 Å². The van der Waals surface area contributed by atoms with Gasteiger partial charge in [0.1, 0.15) is 5.69 Å². The van der Waals surface area contributed by atoms with Crippen molar-refractivity contribution in [2.75, 3.05) is 32.8 Å². The number of likely N-dealkylation sites (N-methyl/N-ethyl adjacent to an activating group) is 1. The third-order valence-electron chi connectivity index (χ3n) is 5.75. The third kappa shape index (κ3) is 4.32. The second-order valence-corrected chi connectivity index (χ2v) is 7.31. The fourth-order valence-electron chi connectivity index (χ4n) is 4.23.